The van der Waals surface area contributed by atoms with Crippen molar-refractivity contribution >= 4 is 12.0 Å². The highest BCUT2D eigenvalue weighted by molar-refractivity contribution is 6.01. The molecule has 6 heteroatoms. The Hall–Kier alpha value is -2.78. The number of carbonyl (C=O) groups is 1. The van der Waals surface area contributed by atoms with Crippen LogP contribution in [0, 0.1) is 25.2 Å². The number of hydrogen-bond acceptors (Lipinski definition) is 4. The summed E-state index contributed by atoms with van der Waals surface area (Å²) in [6, 6.07) is 7.93. The maximum atomic E-state index is 12.8. The topological polar surface area (TPSA) is 74.2 Å². The number of amides is 1. The van der Waals surface area contributed by atoms with E-state index in [1.165, 1.54) is 6.42 Å². The zero-order valence-electron chi connectivity index (χ0n) is 18.3. The smallest absolute Gasteiger partial charge is 0.262 e. The summed E-state index contributed by atoms with van der Waals surface area (Å²) in [6.07, 6.45) is 7.96. The average Bonchev–Trinajstić information content (AvgIpc) is 3.37. The molecule has 1 unspecified atom stereocenters. The number of nitrogens with zero attached hydrogens (tertiary/aromatic N) is 3. The molecule has 1 amide bonds. The lowest BCUT2D eigenvalue weighted by atomic mass is 10.1. The monoisotopic (exact) mass is 408 g/mol. The molecule has 30 heavy (non-hydrogen) atoms. The van der Waals surface area contributed by atoms with Gasteiger partial charge in [-0.25, -0.2) is 0 Å². The van der Waals surface area contributed by atoms with Gasteiger partial charge in [0.25, 0.3) is 5.91 Å². The summed E-state index contributed by atoms with van der Waals surface area (Å²) in [7, 11) is 0. The van der Waals surface area contributed by atoms with Crippen molar-refractivity contribution in [3.8, 4) is 6.07 Å². The van der Waals surface area contributed by atoms with Gasteiger partial charge in [-0.3, -0.25) is 9.69 Å². The molecule has 1 N–H and O–H groups in total. The number of aromatic nitrogens is 1. The third-order valence-corrected chi connectivity index (χ3v) is 5.88. The minimum absolute atomic E-state index is 0.0150. The molecule has 1 aliphatic heterocycles. The van der Waals surface area contributed by atoms with E-state index in [2.05, 4.69) is 34.7 Å². The van der Waals surface area contributed by atoms with Crippen molar-refractivity contribution in [3.63, 3.8) is 0 Å². The fraction of sp³-hybridized carbons (Fsp3) is 0.500. The molecule has 2 aromatic heterocycles. The second kappa shape index (κ2) is 10.3. The zero-order valence-corrected chi connectivity index (χ0v) is 18.3. The van der Waals surface area contributed by atoms with Crippen molar-refractivity contribution in [1.29, 1.82) is 5.26 Å². The van der Waals surface area contributed by atoms with Crippen molar-refractivity contribution in [1.82, 2.24) is 14.8 Å². The lowest BCUT2D eigenvalue weighted by Gasteiger charge is -2.33. The molecule has 160 valence electrons. The molecule has 3 rings (SSSR count). The van der Waals surface area contributed by atoms with E-state index >= 15 is 0 Å². The molecule has 0 radical (unpaired) electrons. The maximum absolute atomic E-state index is 12.8. The normalized spacial score (nSPS) is 16.3. The van der Waals surface area contributed by atoms with E-state index in [9.17, 15) is 10.1 Å². The van der Waals surface area contributed by atoms with Crippen LogP contribution in [0.15, 0.2) is 34.5 Å². The quantitative estimate of drug-likeness (QED) is 0.520. The Morgan fingerprint density at radius 2 is 2.10 bits per heavy atom. The molecule has 0 bridgehead atoms. The van der Waals surface area contributed by atoms with Crippen molar-refractivity contribution in [3.05, 3.63) is 52.7 Å². The molecule has 0 aliphatic carbocycles. The Morgan fingerprint density at radius 1 is 1.33 bits per heavy atom. The Labute approximate surface area is 179 Å². The van der Waals surface area contributed by atoms with Gasteiger partial charge in [0, 0.05) is 24.5 Å². The molecule has 0 saturated carbocycles. The second-order valence-corrected chi connectivity index (χ2v) is 7.99. The summed E-state index contributed by atoms with van der Waals surface area (Å²) in [5.74, 6) is 0.508. The molecule has 0 aromatic carbocycles. The van der Waals surface area contributed by atoms with Crippen molar-refractivity contribution in [2.24, 2.45) is 0 Å². The van der Waals surface area contributed by atoms with Crippen molar-refractivity contribution < 1.29 is 9.21 Å². The maximum Gasteiger partial charge on any atom is 0.262 e. The zero-order chi connectivity index (χ0) is 21.5. The van der Waals surface area contributed by atoms with Crippen LogP contribution in [0.25, 0.3) is 6.08 Å². The Kier molecular flexibility index (Phi) is 7.53. The molecule has 1 fully saturated rings. The molecule has 1 saturated heterocycles. The summed E-state index contributed by atoms with van der Waals surface area (Å²) >= 11 is 0. The molecule has 0 spiro atoms. The van der Waals surface area contributed by atoms with Crippen LogP contribution in [0.2, 0.25) is 0 Å². The fourth-order valence-corrected chi connectivity index (χ4v) is 4.25. The van der Waals surface area contributed by atoms with Crippen molar-refractivity contribution in [2.75, 3.05) is 19.6 Å². The molecule has 1 atom stereocenters. The van der Waals surface area contributed by atoms with E-state index in [1.54, 1.807) is 12.3 Å². The molecular formula is C24H32N4O2. The number of carbonyl (C=O) groups excluding carboxylic acids is 1. The number of nitrogens with one attached hydrogen (secondary N) is 1. The van der Waals surface area contributed by atoms with Gasteiger partial charge in [-0.1, -0.05) is 13.3 Å². The first-order chi connectivity index (χ1) is 14.5. The first kappa shape index (κ1) is 21.9. The van der Waals surface area contributed by atoms with Gasteiger partial charge in [0.2, 0.25) is 0 Å². The highest BCUT2D eigenvalue weighted by atomic mass is 16.3. The largest absolute Gasteiger partial charge is 0.468 e. The molecule has 6 nitrogen and oxygen atoms in total. The molecular weight excluding hydrogens is 376 g/mol. The summed E-state index contributed by atoms with van der Waals surface area (Å²) in [6.45, 7) is 9.56. The number of hydrogen-bond donors (Lipinski definition) is 1. The van der Waals surface area contributed by atoms with E-state index in [4.69, 9.17) is 4.42 Å². The predicted molar refractivity (Wildman–Crippen MR) is 118 cm³/mol. The number of rotatable bonds is 8. The standard InChI is InChI=1S/C24H32N4O2/c1-4-10-28-18(2)14-20(19(28)3)15-21(16-25)24(29)26-17-22(23-9-8-13-30-23)27-11-6-5-7-12-27/h8-9,13-15,22H,4-7,10-12,17H2,1-3H3,(H,26,29)/b21-15-. The van der Waals surface area contributed by atoms with E-state index in [1.807, 2.05) is 25.1 Å². The summed E-state index contributed by atoms with van der Waals surface area (Å²) < 4.78 is 7.87. The third-order valence-electron chi connectivity index (χ3n) is 5.88. The Balaban J connectivity index is 1.73. The fourth-order valence-electron chi connectivity index (χ4n) is 4.25. The van der Waals surface area contributed by atoms with Crippen LogP contribution in [0.3, 0.4) is 0 Å². The number of furan rings is 1. The van der Waals surface area contributed by atoms with Gasteiger partial charge < -0.3 is 14.3 Å². The van der Waals surface area contributed by atoms with Crippen LogP contribution >= 0.6 is 0 Å². The van der Waals surface area contributed by atoms with E-state index in [0.29, 0.717) is 6.54 Å². The Morgan fingerprint density at radius 3 is 2.73 bits per heavy atom. The minimum atomic E-state index is -0.341. The number of aryl methyl sites for hydroxylation is 1. The molecule has 2 aromatic rings. The van der Waals surface area contributed by atoms with E-state index in [0.717, 1.165) is 61.6 Å². The second-order valence-electron chi connectivity index (χ2n) is 7.99. The highest BCUT2D eigenvalue weighted by Crippen LogP contribution is 2.25. The first-order valence-corrected chi connectivity index (χ1v) is 10.9. The molecule has 1 aliphatic rings. The van der Waals surface area contributed by atoms with Crippen LogP contribution in [-0.4, -0.2) is 35.0 Å². The average molecular weight is 409 g/mol. The first-order valence-electron chi connectivity index (χ1n) is 10.9. The highest BCUT2D eigenvalue weighted by Gasteiger charge is 2.25. The lowest BCUT2D eigenvalue weighted by molar-refractivity contribution is -0.117. The summed E-state index contributed by atoms with van der Waals surface area (Å²) in [5, 5.41) is 12.6. The number of nitriles is 1. The van der Waals surface area contributed by atoms with E-state index in [-0.39, 0.29) is 17.5 Å². The number of likely N-dealkylation sites (tertiary alicyclic amines) is 1. The predicted octanol–water partition coefficient (Wildman–Crippen LogP) is 4.36. The van der Waals surface area contributed by atoms with Gasteiger partial charge in [-0.2, -0.15) is 5.26 Å². The lowest BCUT2D eigenvalue weighted by Crippen LogP contribution is -2.40. The van der Waals surface area contributed by atoms with Gasteiger partial charge in [0.15, 0.2) is 0 Å². The van der Waals surface area contributed by atoms with Crippen molar-refractivity contribution in [2.45, 2.75) is 59.0 Å². The minimum Gasteiger partial charge on any atom is -0.468 e. The van der Waals surface area contributed by atoms with Gasteiger partial charge in [0.05, 0.1) is 12.3 Å². The van der Waals surface area contributed by atoms with E-state index < -0.39 is 0 Å². The van der Waals surface area contributed by atoms with Gasteiger partial charge >= 0.3 is 0 Å². The van der Waals surface area contributed by atoms with Crippen LogP contribution in [-0.2, 0) is 11.3 Å². The number of piperidine rings is 1. The Bertz CT molecular complexity index is 912. The van der Waals surface area contributed by atoms with Crippen LogP contribution in [0.4, 0.5) is 0 Å². The van der Waals surface area contributed by atoms with Gasteiger partial charge in [0.1, 0.15) is 17.4 Å². The summed E-state index contributed by atoms with van der Waals surface area (Å²) in [5.41, 5.74) is 3.27. The SMILES string of the molecule is CCCn1c(C)cc(/C=C(/C#N)C(=O)NCC(c2ccco2)N2CCCCC2)c1C. The van der Waals surface area contributed by atoms with Gasteiger partial charge in [-0.15, -0.1) is 0 Å². The summed E-state index contributed by atoms with van der Waals surface area (Å²) in [4.78, 5) is 15.2. The molecule has 3 heterocycles. The van der Waals surface area contributed by atoms with Crippen LogP contribution in [0.5, 0.6) is 0 Å². The van der Waals surface area contributed by atoms with Crippen LogP contribution in [0.1, 0.15) is 61.4 Å². The third kappa shape index (κ3) is 5.03. The van der Waals surface area contributed by atoms with Crippen LogP contribution < -0.4 is 5.32 Å². The van der Waals surface area contributed by atoms with Gasteiger partial charge in [-0.05, 0) is 76.0 Å².